The van der Waals surface area contributed by atoms with E-state index >= 15 is 0 Å². The van der Waals surface area contributed by atoms with Gasteiger partial charge in [-0.2, -0.15) is 0 Å². The van der Waals surface area contributed by atoms with Crippen molar-refractivity contribution in [2.45, 2.75) is 19.8 Å². The second-order valence-corrected chi connectivity index (χ2v) is 4.51. The third-order valence-electron chi connectivity index (χ3n) is 2.96. The van der Waals surface area contributed by atoms with E-state index in [9.17, 15) is 4.79 Å². The quantitative estimate of drug-likeness (QED) is 0.722. The van der Waals surface area contributed by atoms with Gasteiger partial charge in [0.2, 0.25) is 5.91 Å². The molecule has 2 rings (SSSR count). The van der Waals surface area contributed by atoms with E-state index in [4.69, 9.17) is 0 Å². The molecule has 1 aromatic rings. The minimum atomic E-state index is 0.127. The fourth-order valence-corrected chi connectivity index (χ4v) is 1.96. The van der Waals surface area contributed by atoms with Crippen LogP contribution in [-0.4, -0.2) is 23.9 Å². The Morgan fingerprint density at radius 3 is 2.40 bits per heavy atom. The van der Waals surface area contributed by atoms with Crippen molar-refractivity contribution in [1.82, 2.24) is 4.90 Å². The molecule has 1 aliphatic heterocycles. The molecule has 15 heavy (non-hydrogen) atoms. The van der Waals surface area contributed by atoms with Crippen LogP contribution in [0.15, 0.2) is 30.3 Å². The highest BCUT2D eigenvalue weighted by Crippen LogP contribution is 2.27. The molecular weight excluding hydrogens is 186 g/mol. The normalized spacial score (nSPS) is 16.6. The average molecular weight is 203 g/mol. The van der Waals surface area contributed by atoms with E-state index in [-0.39, 0.29) is 11.8 Å². The summed E-state index contributed by atoms with van der Waals surface area (Å²) >= 11 is 0. The molecule has 0 saturated carbocycles. The minimum absolute atomic E-state index is 0.127. The number of carbonyl (C=O) groups excluding carboxylic acids is 1. The van der Waals surface area contributed by atoms with Crippen LogP contribution in [0.5, 0.6) is 0 Å². The SMILES string of the molecule is CC(C)C(=O)N1CC(c2ccccc2)C1. The summed E-state index contributed by atoms with van der Waals surface area (Å²) in [6.07, 6.45) is 0. The Labute approximate surface area is 90.9 Å². The van der Waals surface area contributed by atoms with Crippen LogP contribution in [0.4, 0.5) is 0 Å². The molecule has 0 unspecified atom stereocenters. The highest BCUT2D eigenvalue weighted by atomic mass is 16.2. The summed E-state index contributed by atoms with van der Waals surface area (Å²) in [6, 6.07) is 10.4. The summed E-state index contributed by atoms with van der Waals surface area (Å²) in [7, 11) is 0. The summed E-state index contributed by atoms with van der Waals surface area (Å²) in [5.74, 6) is 0.956. The first-order valence-electron chi connectivity index (χ1n) is 5.52. The summed E-state index contributed by atoms with van der Waals surface area (Å²) in [6.45, 7) is 5.69. The Morgan fingerprint density at radius 2 is 1.87 bits per heavy atom. The van der Waals surface area contributed by atoms with Gasteiger partial charge in [-0.25, -0.2) is 0 Å². The standard InChI is InChI=1S/C13H17NO/c1-10(2)13(15)14-8-12(9-14)11-6-4-3-5-7-11/h3-7,10,12H,8-9H2,1-2H3. The molecule has 1 aromatic carbocycles. The zero-order valence-corrected chi connectivity index (χ0v) is 9.31. The summed E-state index contributed by atoms with van der Waals surface area (Å²) in [4.78, 5) is 13.6. The first-order chi connectivity index (χ1) is 7.18. The number of likely N-dealkylation sites (tertiary alicyclic amines) is 1. The van der Waals surface area contributed by atoms with Gasteiger partial charge in [-0.1, -0.05) is 44.2 Å². The van der Waals surface area contributed by atoms with Crippen LogP contribution in [0, 0.1) is 5.92 Å². The molecule has 1 amide bonds. The fraction of sp³-hybridized carbons (Fsp3) is 0.462. The van der Waals surface area contributed by atoms with Crippen LogP contribution >= 0.6 is 0 Å². The smallest absolute Gasteiger partial charge is 0.225 e. The molecule has 80 valence electrons. The van der Waals surface area contributed by atoms with Gasteiger partial charge in [0.05, 0.1) is 0 Å². The lowest BCUT2D eigenvalue weighted by Crippen LogP contribution is -2.49. The van der Waals surface area contributed by atoms with Gasteiger partial charge in [-0.05, 0) is 5.56 Å². The number of carbonyl (C=O) groups is 1. The Balaban J connectivity index is 1.92. The molecule has 0 atom stereocenters. The molecule has 1 heterocycles. The first kappa shape index (κ1) is 10.2. The molecule has 0 N–H and O–H groups in total. The predicted molar refractivity (Wildman–Crippen MR) is 60.6 cm³/mol. The number of hydrogen-bond donors (Lipinski definition) is 0. The monoisotopic (exact) mass is 203 g/mol. The van der Waals surface area contributed by atoms with Crippen LogP contribution in [0.25, 0.3) is 0 Å². The van der Waals surface area contributed by atoms with E-state index in [0.29, 0.717) is 5.92 Å². The summed E-state index contributed by atoms with van der Waals surface area (Å²) < 4.78 is 0. The lowest BCUT2D eigenvalue weighted by molar-refractivity contribution is -0.138. The molecule has 2 nitrogen and oxygen atoms in total. The van der Waals surface area contributed by atoms with Gasteiger partial charge >= 0.3 is 0 Å². The van der Waals surface area contributed by atoms with Gasteiger partial charge in [0, 0.05) is 24.9 Å². The lowest BCUT2D eigenvalue weighted by Gasteiger charge is -2.40. The highest BCUT2D eigenvalue weighted by Gasteiger charge is 2.32. The van der Waals surface area contributed by atoms with Crippen molar-refractivity contribution in [1.29, 1.82) is 0 Å². The second-order valence-electron chi connectivity index (χ2n) is 4.51. The fourth-order valence-electron chi connectivity index (χ4n) is 1.96. The van der Waals surface area contributed by atoms with Crippen LogP contribution < -0.4 is 0 Å². The first-order valence-corrected chi connectivity index (χ1v) is 5.52. The van der Waals surface area contributed by atoms with Gasteiger partial charge in [0.15, 0.2) is 0 Å². The number of nitrogens with zero attached hydrogens (tertiary/aromatic N) is 1. The number of hydrogen-bond acceptors (Lipinski definition) is 1. The zero-order valence-electron chi connectivity index (χ0n) is 9.31. The van der Waals surface area contributed by atoms with Crippen molar-refractivity contribution < 1.29 is 4.79 Å². The van der Waals surface area contributed by atoms with Crippen molar-refractivity contribution in [2.24, 2.45) is 5.92 Å². The van der Waals surface area contributed by atoms with Gasteiger partial charge in [0.1, 0.15) is 0 Å². The van der Waals surface area contributed by atoms with Gasteiger partial charge in [0.25, 0.3) is 0 Å². The Kier molecular flexibility index (Phi) is 2.76. The van der Waals surface area contributed by atoms with Crippen LogP contribution in [0.2, 0.25) is 0 Å². The van der Waals surface area contributed by atoms with Crippen molar-refractivity contribution in [3.05, 3.63) is 35.9 Å². The average Bonchev–Trinajstić information content (AvgIpc) is 2.17. The lowest BCUT2D eigenvalue weighted by atomic mass is 9.90. The van der Waals surface area contributed by atoms with Crippen LogP contribution in [0.1, 0.15) is 25.3 Å². The molecule has 0 aliphatic carbocycles. The predicted octanol–water partition coefficient (Wildman–Crippen LogP) is 2.27. The Morgan fingerprint density at radius 1 is 1.27 bits per heavy atom. The van der Waals surface area contributed by atoms with Crippen LogP contribution in [0.3, 0.4) is 0 Å². The van der Waals surface area contributed by atoms with Crippen molar-refractivity contribution in [3.63, 3.8) is 0 Å². The number of benzene rings is 1. The topological polar surface area (TPSA) is 20.3 Å². The van der Waals surface area contributed by atoms with E-state index < -0.39 is 0 Å². The largest absolute Gasteiger partial charge is 0.341 e. The molecule has 0 radical (unpaired) electrons. The third-order valence-corrected chi connectivity index (χ3v) is 2.96. The van der Waals surface area contributed by atoms with Gasteiger partial charge < -0.3 is 4.90 Å². The van der Waals surface area contributed by atoms with Gasteiger partial charge in [-0.15, -0.1) is 0 Å². The molecule has 0 spiro atoms. The minimum Gasteiger partial charge on any atom is -0.341 e. The molecule has 0 aromatic heterocycles. The molecule has 2 heteroatoms. The number of amides is 1. The van der Waals surface area contributed by atoms with E-state index in [2.05, 4.69) is 24.3 Å². The van der Waals surface area contributed by atoms with Crippen molar-refractivity contribution >= 4 is 5.91 Å². The molecule has 0 bridgehead atoms. The van der Waals surface area contributed by atoms with Crippen LogP contribution in [-0.2, 0) is 4.79 Å². The van der Waals surface area contributed by atoms with E-state index in [1.807, 2.05) is 24.8 Å². The van der Waals surface area contributed by atoms with E-state index in [0.717, 1.165) is 13.1 Å². The molecule has 1 saturated heterocycles. The maximum atomic E-state index is 11.6. The third kappa shape index (κ3) is 2.04. The Bertz CT molecular complexity index is 339. The zero-order chi connectivity index (χ0) is 10.8. The van der Waals surface area contributed by atoms with Crippen molar-refractivity contribution in [2.75, 3.05) is 13.1 Å². The number of rotatable bonds is 2. The second kappa shape index (κ2) is 4.05. The van der Waals surface area contributed by atoms with Crippen molar-refractivity contribution in [3.8, 4) is 0 Å². The maximum Gasteiger partial charge on any atom is 0.225 e. The molecular formula is C13H17NO. The van der Waals surface area contributed by atoms with Gasteiger partial charge in [-0.3, -0.25) is 4.79 Å². The molecule has 1 aliphatic rings. The molecule has 1 fully saturated rings. The highest BCUT2D eigenvalue weighted by molar-refractivity contribution is 5.79. The van der Waals surface area contributed by atoms with E-state index in [1.54, 1.807) is 0 Å². The summed E-state index contributed by atoms with van der Waals surface area (Å²) in [5.41, 5.74) is 1.35. The summed E-state index contributed by atoms with van der Waals surface area (Å²) in [5, 5.41) is 0. The Hall–Kier alpha value is -1.31. The maximum absolute atomic E-state index is 11.6. The van der Waals surface area contributed by atoms with E-state index in [1.165, 1.54) is 5.56 Å².